The van der Waals surface area contributed by atoms with E-state index in [1.54, 1.807) is 13.8 Å². The average molecular weight is 175 g/mol. The summed E-state index contributed by atoms with van der Waals surface area (Å²) in [6, 6.07) is 0. The lowest BCUT2D eigenvalue weighted by molar-refractivity contribution is -0.140. The normalized spacial score (nSPS) is 12.7. The highest BCUT2D eigenvalue weighted by atomic mass is 16.4. The summed E-state index contributed by atoms with van der Waals surface area (Å²) in [5, 5.41) is 19.4. The molecule has 0 saturated carbocycles. The Hall–Kier alpha value is -1.10. The van der Waals surface area contributed by atoms with Crippen molar-refractivity contribution in [1.82, 2.24) is 5.32 Å². The molecule has 0 aromatic carbocycles. The zero-order valence-electron chi connectivity index (χ0n) is 7.07. The Labute approximate surface area is 70.4 Å². The van der Waals surface area contributed by atoms with Gasteiger partial charge in [0.2, 0.25) is 5.91 Å². The molecule has 0 spiro atoms. The molecule has 0 unspecified atom stereocenters. The molecular formula is C7H13NO4. The van der Waals surface area contributed by atoms with Gasteiger partial charge < -0.3 is 15.5 Å². The highest BCUT2D eigenvalue weighted by molar-refractivity contribution is 5.84. The lowest BCUT2D eigenvalue weighted by Gasteiger charge is -2.12. The van der Waals surface area contributed by atoms with Gasteiger partial charge in [-0.15, -0.1) is 0 Å². The van der Waals surface area contributed by atoms with Gasteiger partial charge in [-0.3, -0.25) is 9.59 Å². The summed E-state index contributed by atoms with van der Waals surface area (Å²) in [5.74, 6) is -1.98. The van der Waals surface area contributed by atoms with Crippen molar-refractivity contribution < 1.29 is 19.8 Å². The maximum Gasteiger partial charge on any atom is 0.322 e. The number of nitrogens with one attached hydrogen (secondary N) is 1. The van der Waals surface area contributed by atoms with E-state index >= 15 is 0 Å². The topological polar surface area (TPSA) is 86.6 Å². The van der Waals surface area contributed by atoms with Crippen molar-refractivity contribution in [1.29, 1.82) is 0 Å². The fourth-order valence-electron chi connectivity index (χ4n) is 0.570. The minimum atomic E-state index is -1.13. The second kappa shape index (κ2) is 4.71. The van der Waals surface area contributed by atoms with Crippen LogP contribution in [-0.2, 0) is 9.59 Å². The van der Waals surface area contributed by atoms with Gasteiger partial charge in [0.25, 0.3) is 0 Å². The lowest BCUT2D eigenvalue weighted by Crippen LogP contribution is -2.40. The molecule has 0 aliphatic heterocycles. The van der Waals surface area contributed by atoms with Gasteiger partial charge in [0.15, 0.2) is 0 Å². The quantitative estimate of drug-likeness (QED) is 0.522. The first-order valence-corrected chi connectivity index (χ1v) is 3.62. The molecule has 1 atom stereocenters. The molecule has 0 aromatic rings. The number of aliphatic hydroxyl groups excluding tert-OH is 1. The van der Waals surface area contributed by atoms with Gasteiger partial charge in [-0.25, -0.2) is 0 Å². The van der Waals surface area contributed by atoms with Gasteiger partial charge in [0.1, 0.15) is 12.6 Å². The molecule has 0 saturated heterocycles. The maximum absolute atomic E-state index is 10.9. The van der Waals surface area contributed by atoms with E-state index in [9.17, 15) is 9.59 Å². The van der Waals surface area contributed by atoms with E-state index in [2.05, 4.69) is 5.32 Å². The van der Waals surface area contributed by atoms with Crippen LogP contribution in [0, 0.1) is 5.92 Å². The molecule has 0 aliphatic rings. The molecule has 0 rings (SSSR count). The van der Waals surface area contributed by atoms with Crippen LogP contribution in [0.5, 0.6) is 0 Å². The summed E-state index contributed by atoms with van der Waals surface area (Å²) in [6.45, 7) is 2.89. The van der Waals surface area contributed by atoms with Crippen molar-refractivity contribution >= 4 is 11.9 Å². The summed E-state index contributed by atoms with van der Waals surface area (Å²) >= 11 is 0. The average Bonchev–Trinajstić information content (AvgIpc) is 1.98. The van der Waals surface area contributed by atoms with Crippen LogP contribution in [0.3, 0.4) is 0 Å². The van der Waals surface area contributed by atoms with Crippen molar-refractivity contribution in [2.45, 2.75) is 20.0 Å². The number of rotatable bonds is 4. The molecule has 0 aliphatic carbocycles. The Balaban J connectivity index is 3.80. The molecule has 12 heavy (non-hydrogen) atoms. The van der Waals surface area contributed by atoms with Crippen LogP contribution in [0.15, 0.2) is 0 Å². The van der Waals surface area contributed by atoms with E-state index in [4.69, 9.17) is 10.2 Å². The summed E-state index contributed by atoms with van der Waals surface area (Å²) in [5.41, 5.74) is 0. The Morgan fingerprint density at radius 1 is 1.42 bits per heavy atom. The molecule has 3 N–H and O–H groups in total. The molecule has 0 radical (unpaired) electrons. The van der Waals surface area contributed by atoms with E-state index in [1.165, 1.54) is 0 Å². The van der Waals surface area contributed by atoms with Gasteiger partial charge in [0.05, 0.1) is 0 Å². The third-order valence-electron chi connectivity index (χ3n) is 1.31. The Morgan fingerprint density at radius 3 is 2.25 bits per heavy atom. The van der Waals surface area contributed by atoms with Gasteiger partial charge in [-0.1, -0.05) is 13.8 Å². The number of hydrogen-bond acceptors (Lipinski definition) is 3. The number of carboxylic acids is 1. The predicted octanol–water partition coefficient (Wildman–Crippen LogP) is -0.796. The fraction of sp³-hybridized carbons (Fsp3) is 0.714. The first-order chi connectivity index (χ1) is 5.45. The minimum Gasteiger partial charge on any atom is -0.480 e. The largest absolute Gasteiger partial charge is 0.480 e. The maximum atomic E-state index is 10.9. The number of carbonyl (C=O) groups is 2. The molecule has 0 bridgehead atoms. The number of amides is 1. The predicted molar refractivity (Wildman–Crippen MR) is 41.5 cm³/mol. The number of aliphatic hydroxyl groups is 1. The number of aliphatic carboxylic acids is 1. The summed E-state index contributed by atoms with van der Waals surface area (Å²) in [7, 11) is 0. The van der Waals surface area contributed by atoms with Gasteiger partial charge in [-0.05, 0) is 5.92 Å². The standard InChI is InChI=1S/C7H13NO4/c1-4(2)6(11)7(12)8-3-5(9)10/h4,6,11H,3H2,1-2H3,(H,8,12)(H,9,10)/t6-/m1/s1. The monoisotopic (exact) mass is 175 g/mol. The highest BCUT2D eigenvalue weighted by Gasteiger charge is 2.18. The SMILES string of the molecule is CC(C)[C@@H](O)C(=O)NCC(=O)O. The number of carbonyl (C=O) groups excluding carboxylic acids is 1. The zero-order chi connectivity index (χ0) is 9.72. The molecule has 0 heterocycles. The van der Waals surface area contributed by atoms with Crippen molar-refractivity contribution in [3.8, 4) is 0 Å². The molecular weight excluding hydrogens is 162 g/mol. The van der Waals surface area contributed by atoms with Crippen molar-refractivity contribution in [2.75, 3.05) is 6.54 Å². The Morgan fingerprint density at radius 2 is 1.92 bits per heavy atom. The Kier molecular flexibility index (Phi) is 4.28. The van der Waals surface area contributed by atoms with Gasteiger partial charge >= 0.3 is 5.97 Å². The first kappa shape index (κ1) is 10.9. The summed E-state index contributed by atoms with van der Waals surface area (Å²) < 4.78 is 0. The van der Waals surface area contributed by atoms with Gasteiger partial charge in [-0.2, -0.15) is 0 Å². The van der Waals surface area contributed by atoms with Crippen LogP contribution < -0.4 is 5.32 Å². The summed E-state index contributed by atoms with van der Waals surface area (Å²) in [6.07, 6.45) is -1.13. The van der Waals surface area contributed by atoms with Crippen LogP contribution in [0.2, 0.25) is 0 Å². The molecule has 70 valence electrons. The van der Waals surface area contributed by atoms with Crippen molar-refractivity contribution in [2.24, 2.45) is 5.92 Å². The second-order valence-electron chi connectivity index (χ2n) is 2.80. The highest BCUT2D eigenvalue weighted by Crippen LogP contribution is 1.99. The van der Waals surface area contributed by atoms with Crippen LogP contribution in [0.4, 0.5) is 0 Å². The third kappa shape index (κ3) is 3.92. The molecule has 1 amide bonds. The van der Waals surface area contributed by atoms with Crippen LogP contribution in [-0.4, -0.2) is 34.7 Å². The fourth-order valence-corrected chi connectivity index (χ4v) is 0.570. The third-order valence-corrected chi connectivity index (χ3v) is 1.31. The number of carboxylic acid groups (broad SMARTS) is 1. The van der Waals surface area contributed by atoms with E-state index in [0.29, 0.717) is 0 Å². The van der Waals surface area contributed by atoms with E-state index in [1.807, 2.05) is 0 Å². The molecule has 5 nitrogen and oxygen atoms in total. The minimum absolute atomic E-state index is 0.209. The van der Waals surface area contributed by atoms with E-state index < -0.39 is 24.5 Å². The zero-order valence-corrected chi connectivity index (χ0v) is 7.07. The van der Waals surface area contributed by atoms with Crippen LogP contribution in [0.25, 0.3) is 0 Å². The van der Waals surface area contributed by atoms with Gasteiger partial charge in [0, 0.05) is 0 Å². The summed E-state index contributed by atoms with van der Waals surface area (Å²) in [4.78, 5) is 20.9. The van der Waals surface area contributed by atoms with Crippen LogP contribution >= 0.6 is 0 Å². The first-order valence-electron chi connectivity index (χ1n) is 3.62. The second-order valence-corrected chi connectivity index (χ2v) is 2.80. The molecule has 0 aromatic heterocycles. The molecule has 0 fully saturated rings. The van der Waals surface area contributed by atoms with Crippen molar-refractivity contribution in [3.63, 3.8) is 0 Å². The number of hydrogen-bond donors (Lipinski definition) is 3. The lowest BCUT2D eigenvalue weighted by atomic mass is 10.1. The van der Waals surface area contributed by atoms with Crippen molar-refractivity contribution in [3.05, 3.63) is 0 Å². The van der Waals surface area contributed by atoms with Crippen LogP contribution in [0.1, 0.15) is 13.8 Å². The Bertz CT molecular complexity index is 178. The molecule has 5 heteroatoms. The van der Waals surface area contributed by atoms with E-state index in [0.717, 1.165) is 0 Å². The smallest absolute Gasteiger partial charge is 0.322 e. The van der Waals surface area contributed by atoms with E-state index in [-0.39, 0.29) is 5.92 Å².